The first-order chi connectivity index (χ1) is 15.0. The third-order valence-electron chi connectivity index (χ3n) is 5.18. The fourth-order valence-electron chi connectivity index (χ4n) is 3.57. The monoisotopic (exact) mass is 438 g/mol. The average molecular weight is 438 g/mol. The zero-order valence-electron chi connectivity index (χ0n) is 16.5. The summed E-state index contributed by atoms with van der Waals surface area (Å²) in [7, 11) is 0. The molecule has 9 heteroatoms. The maximum absolute atomic E-state index is 13.2. The molecule has 1 heterocycles. The summed E-state index contributed by atoms with van der Waals surface area (Å²) < 4.78 is 13.2. The standard InChI is InChI=1S/C22H19FN4O3S/c23-16-5-8-18(9-6-16)31-20-10-7-17(27(29)30)11-19(20)21(28)26-22-24-12-15(13-25-22)14-3-1-2-4-14/h5-14H,1-4H2,(H,24,25,26,28). The highest BCUT2D eigenvalue weighted by molar-refractivity contribution is 7.99. The molecule has 2 aromatic carbocycles. The maximum atomic E-state index is 13.2. The highest BCUT2D eigenvalue weighted by Gasteiger charge is 2.20. The van der Waals surface area contributed by atoms with E-state index in [1.807, 2.05) is 0 Å². The SMILES string of the molecule is O=C(Nc1ncc(C2CCCC2)cn1)c1cc([N+](=O)[O-])ccc1Sc1ccc(F)cc1. The first-order valence-electron chi connectivity index (χ1n) is 9.85. The Kier molecular flexibility index (Phi) is 6.22. The van der Waals surface area contributed by atoms with Crippen LogP contribution in [0.5, 0.6) is 0 Å². The van der Waals surface area contributed by atoms with E-state index in [-0.39, 0.29) is 23.0 Å². The molecule has 0 saturated heterocycles. The molecule has 158 valence electrons. The molecule has 3 aromatic rings. The number of nitro groups is 1. The highest BCUT2D eigenvalue weighted by Crippen LogP contribution is 2.34. The lowest BCUT2D eigenvalue weighted by Gasteiger charge is -2.11. The van der Waals surface area contributed by atoms with Crippen molar-refractivity contribution in [2.24, 2.45) is 0 Å². The second kappa shape index (κ2) is 9.22. The average Bonchev–Trinajstić information content (AvgIpc) is 3.31. The highest BCUT2D eigenvalue weighted by atomic mass is 32.2. The lowest BCUT2D eigenvalue weighted by atomic mass is 10.0. The summed E-state index contributed by atoms with van der Waals surface area (Å²) >= 11 is 1.21. The molecule has 0 unspecified atom stereocenters. The third-order valence-corrected chi connectivity index (χ3v) is 6.27. The van der Waals surface area contributed by atoms with Crippen LogP contribution in [-0.4, -0.2) is 20.8 Å². The number of anilines is 1. The number of nitrogens with one attached hydrogen (secondary N) is 1. The summed E-state index contributed by atoms with van der Waals surface area (Å²) in [5.74, 6) is -0.331. The molecule has 0 radical (unpaired) electrons. The second-order valence-corrected chi connectivity index (χ2v) is 8.38. The summed E-state index contributed by atoms with van der Waals surface area (Å²) in [6, 6.07) is 9.83. The van der Waals surface area contributed by atoms with Crippen molar-refractivity contribution in [1.29, 1.82) is 0 Å². The summed E-state index contributed by atoms with van der Waals surface area (Å²) in [6.07, 6.45) is 8.08. The van der Waals surface area contributed by atoms with Gasteiger partial charge in [-0.25, -0.2) is 14.4 Å². The molecule has 0 atom stereocenters. The lowest BCUT2D eigenvalue weighted by molar-refractivity contribution is -0.384. The Morgan fingerprint density at radius 1 is 1.10 bits per heavy atom. The van der Waals surface area contributed by atoms with Gasteiger partial charge in [-0.15, -0.1) is 0 Å². The molecule has 0 spiro atoms. The van der Waals surface area contributed by atoms with Gasteiger partial charge in [0.05, 0.1) is 10.5 Å². The third kappa shape index (κ3) is 5.05. The second-order valence-electron chi connectivity index (χ2n) is 7.27. The number of amides is 1. The number of benzene rings is 2. The van der Waals surface area contributed by atoms with Gasteiger partial charge in [-0.05, 0) is 54.7 Å². The van der Waals surface area contributed by atoms with Gasteiger partial charge in [-0.1, -0.05) is 24.6 Å². The van der Waals surface area contributed by atoms with Crippen LogP contribution in [0.1, 0.15) is 47.5 Å². The molecule has 4 rings (SSSR count). The molecule has 1 N–H and O–H groups in total. The van der Waals surface area contributed by atoms with Crippen molar-refractivity contribution in [3.05, 3.63) is 81.9 Å². The summed E-state index contributed by atoms with van der Waals surface area (Å²) in [5, 5.41) is 13.8. The Hall–Kier alpha value is -3.33. The van der Waals surface area contributed by atoms with Crippen LogP contribution in [0.25, 0.3) is 0 Å². The smallest absolute Gasteiger partial charge is 0.270 e. The van der Waals surface area contributed by atoms with Crippen LogP contribution in [0.4, 0.5) is 16.0 Å². The van der Waals surface area contributed by atoms with E-state index in [1.165, 1.54) is 54.9 Å². The molecule has 1 aromatic heterocycles. The van der Waals surface area contributed by atoms with E-state index in [1.54, 1.807) is 24.5 Å². The Morgan fingerprint density at radius 3 is 2.42 bits per heavy atom. The number of nitro benzene ring substituents is 1. The quantitative estimate of drug-likeness (QED) is 0.398. The number of hydrogen-bond donors (Lipinski definition) is 1. The number of carbonyl (C=O) groups excluding carboxylic acids is 1. The van der Waals surface area contributed by atoms with E-state index in [9.17, 15) is 19.3 Å². The van der Waals surface area contributed by atoms with Crippen molar-refractivity contribution in [1.82, 2.24) is 9.97 Å². The van der Waals surface area contributed by atoms with Gasteiger partial charge in [0.25, 0.3) is 11.6 Å². The van der Waals surface area contributed by atoms with Gasteiger partial charge in [0.15, 0.2) is 0 Å². The fourth-order valence-corrected chi connectivity index (χ4v) is 4.49. The van der Waals surface area contributed by atoms with E-state index in [0.717, 1.165) is 18.4 Å². The van der Waals surface area contributed by atoms with Crippen LogP contribution in [0.15, 0.2) is 64.6 Å². The molecule has 1 saturated carbocycles. The molecular formula is C22H19FN4O3S. The van der Waals surface area contributed by atoms with E-state index in [4.69, 9.17) is 0 Å². The van der Waals surface area contributed by atoms with Crippen molar-refractivity contribution in [2.75, 3.05) is 5.32 Å². The molecular weight excluding hydrogens is 419 g/mol. The van der Waals surface area contributed by atoms with Gasteiger partial charge in [0, 0.05) is 34.3 Å². The van der Waals surface area contributed by atoms with Gasteiger partial charge in [-0.2, -0.15) is 0 Å². The van der Waals surface area contributed by atoms with Crippen molar-refractivity contribution < 1.29 is 14.1 Å². The van der Waals surface area contributed by atoms with E-state index in [0.29, 0.717) is 15.7 Å². The van der Waals surface area contributed by atoms with Crippen LogP contribution in [0.2, 0.25) is 0 Å². The first kappa shape index (κ1) is 20.9. The van der Waals surface area contributed by atoms with Gasteiger partial charge in [0.1, 0.15) is 5.82 Å². The molecule has 7 nitrogen and oxygen atoms in total. The largest absolute Gasteiger partial charge is 0.290 e. The Labute approximate surface area is 182 Å². The van der Waals surface area contributed by atoms with Crippen LogP contribution >= 0.6 is 11.8 Å². The van der Waals surface area contributed by atoms with Gasteiger partial charge in [-0.3, -0.25) is 20.2 Å². The van der Waals surface area contributed by atoms with Crippen molar-refractivity contribution in [2.45, 2.75) is 41.4 Å². The Bertz CT molecular complexity index is 1100. The molecule has 1 aliphatic rings. The number of rotatable bonds is 6. The molecule has 1 aliphatic carbocycles. The predicted molar refractivity (Wildman–Crippen MR) is 115 cm³/mol. The van der Waals surface area contributed by atoms with Gasteiger partial charge in [0.2, 0.25) is 5.95 Å². The van der Waals surface area contributed by atoms with E-state index in [2.05, 4.69) is 15.3 Å². The summed E-state index contributed by atoms with van der Waals surface area (Å²) in [6.45, 7) is 0. The van der Waals surface area contributed by atoms with Gasteiger partial charge < -0.3 is 0 Å². The minimum absolute atomic E-state index is 0.118. The lowest BCUT2D eigenvalue weighted by Crippen LogP contribution is -2.15. The number of nitrogens with zero attached hydrogens (tertiary/aromatic N) is 3. The minimum atomic E-state index is -0.560. The molecule has 1 fully saturated rings. The number of hydrogen-bond acceptors (Lipinski definition) is 6. The number of halogens is 1. The topological polar surface area (TPSA) is 98.0 Å². The van der Waals surface area contributed by atoms with Crippen LogP contribution in [0, 0.1) is 15.9 Å². The van der Waals surface area contributed by atoms with Crippen molar-refractivity contribution in [3.63, 3.8) is 0 Å². The van der Waals surface area contributed by atoms with Crippen LogP contribution in [-0.2, 0) is 0 Å². The number of aromatic nitrogens is 2. The molecule has 31 heavy (non-hydrogen) atoms. The maximum Gasteiger partial charge on any atom is 0.270 e. The summed E-state index contributed by atoms with van der Waals surface area (Å²) in [4.78, 5) is 33.2. The van der Waals surface area contributed by atoms with Crippen molar-refractivity contribution in [3.8, 4) is 0 Å². The predicted octanol–water partition coefficient (Wildman–Crippen LogP) is 5.59. The molecule has 0 aliphatic heterocycles. The van der Waals surface area contributed by atoms with E-state index >= 15 is 0 Å². The normalized spacial score (nSPS) is 13.8. The Balaban J connectivity index is 1.57. The van der Waals surface area contributed by atoms with Crippen molar-refractivity contribution >= 4 is 29.3 Å². The zero-order valence-corrected chi connectivity index (χ0v) is 17.3. The fraction of sp³-hybridized carbons (Fsp3) is 0.227. The number of carbonyl (C=O) groups is 1. The minimum Gasteiger partial charge on any atom is -0.290 e. The first-order valence-corrected chi connectivity index (χ1v) is 10.7. The van der Waals surface area contributed by atoms with Crippen LogP contribution in [0.3, 0.4) is 0 Å². The van der Waals surface area contributed by atoms with Crippen LogP contribution < -0.4 is 5.32 Å². The zero-order chi connectivity index (χ0) is 21.8. The number of non-ortho nitro benzene ring substituents is 1. The Morgan fingerprint density at radius 2 is 1.77 bits per heavy atom. The van der Waals surface area contributed by atoms with E-state index < -0.39 is 10.8 Å². The molecule has 0 bridgehead atoms. The van der Waals surface area contributed by atoms with Gasteiger partial charge >= 0.3 is 0 Å². The molecule has 1 amide bonds. The summed E-state index contributed by atoms with van der Waals surface area (Å²) in [5.41, 5.74) is 0.969.